The Balaban J connectivity index is 1.52. The number of hydrogen-bond acceptors (Lipinski definition) is 5. The number of amides is 2. The van der Waals surface area contributed by atoms with Crippen LogP contribution in [0.5, 0.6) is 0 Å². The maximum Gasteiger partial charge on any atom is 0.254 e. The van der Waals surface area contributed by atoms with Gasteiger partial charge in [-0.2, -0.15) is 0 Å². The summed E-state index contributed by atoms with van der Waals surface area (Å²) in [6, 6.07) is 21.2. The molecule has 0 atom stereocenters. The number of morpholine rings is 1. The van der Waals surface area contributed by atoms with Gasteiger partial charge in [-0.15, -0.1) is 0 Å². The minimum atomic E-state index is -0.134. The molecule has 2 amide bonds. The molecule has 1 saturated heterocycles. The molecule has 0 bridgehead atoms. The summed E-state index contributed by atoms with van der Waals surface area (Å²) >= 11 is 0. The molecule has 2 aromatic carbocycles. The summed E-state index contributed by atoms with van der Waals surface area (Å²) in [5.74, 6) is 1.28. The number of ether oxygens (including phenoxy) is 1. The number of carbonyl (C=O) groups excluding carboxylic acids is 2. The third-order valence-electron chi connectivity index (χ3n) is 6.41. The van der Waals surface area contributed by atoms with Crippen LogP contribution >= 0.6 is 0 Å². The van der Waals surface area contributed by atoms with Crippen LogP contribution < -0.4 is 0 Å². The van der Waals surface area contributed by atoms with Gasteiger partial charge in [-0.1, -0.05) is 48.0 Å². The van der Waals surface area contributed by atoms with E-state index in [1.165, 1.54) is 0 Å². The molecule has 3 aromatic rings. The molecule has 1 aromatic heterocycles. The van der Waals surface area contributed by atoms with E-state index in [9.17, 15) is 9.59 Å². The van der Waals surface area contributed by atoms with Crippen LogP contribution in [0, 0.1) is 13.8 Å². The van der Waals surface area contributed by atoms with Crippen molar-refractivity contribution in [3.8, 4) is 0 Å². The second kappa shape index (κ2) is 12.5. The Morgan fingerprint density at radius 1 is 0.861 bits per heavy atom. The van der Waals surface area contributed by atoms with Crippen LogP contribution in [0.3, 0.4) is 0 Å². The van der Waals surface area contributed by atoms with Crippen LogP contribution in [-0.2, 0) is 22.6 Å². The smallest absolute Gasteiger partial charge is 0.254 e. The summed E-state index contributed by atoms with van der Waals surface area (Å²) in [5, 5.41) is 0. The molecule has 4 rings (SSSR count). The van der Waals surface area contributed by atoms with E-state index in [1.54, 1.807) is 9.80 Å². The SMILES string of the molecule is Cc1ccc(C(=O)N(CCN2CCOCC2)CC(=O)N(Cc2ccccc2)Cc2ccc(C)o2)cc1. The van der Waals surface area contributed by atoms with E-state index in [4.69, 9.17) is 9.15 Å². The number of nitrogens with zero attached hydrogens (tertiary/aromatic N) is 3. The van der Waals surface area contributed by atoms with Crippen molar-refractivity contribution < 1.29 is 18.7 Å². The van der Waals surface area contributed by atoms with Gasteiger partial charge < -0.3 is 19.0 Å². The van der Waals surface area contributed by atoms with E-state index < -0.39 is 0 Å². The number of aryl methyl sites for hydroxylation is 2. The third kappa shape index (κ3) is 7.29. The minimum Gasteiger partial charge on any atom is -0.464 e. The average Bonchev–Trinajstić information content (AvgIpc) is 3.31. The molecule has 0 N–H and O–H groups in total. The highest BCUT2D eigenvalue weighted by Crippen LogP contribution is 2.15. The zero-order valence-electron chi connectivity index (χ0n) is 21.2. The lowest BCUT2D eigenvalue weighted by Crippen LogP contribution is -2.47. The predicted octanol–water partition coefficient (Wildman–Crippen LogP) is 3.90. The quantitative estimate of drug-likeness (QED) is 0.432. The van der Waals surface area contributed by atoms with Crippen LogP contribution in [0.4, 0.5) is 0 Å². The number of benzene rings is 2. The summed E-state index contributed by atoms with van der Waals surface area (Å²) < 4.78 is 11.2. The molecule has 1 fully saturated rings. The highest BCUT2D eigenvalue weighted by atomic mass is 16.5. The van der Waals surface area contributed by atoms with Gasteiger partial charge in [-0.05, 0) is 43.7 Å². The first-order valence-electron chi connectivity index (χ1n) is 12.5. The van der Waals surface area contributed by atoms with Gasteiger partial charge in [0.1, 0.15) is 18.1 Å². The van der Waals surface area contributed by atoms with E-state index >= 15 is 0 Å². The number of rotatable bonds is 10. The maximum absolute atomic E-state index is 13.7. The number of carbonyl (C=O) groups is 2. The molecular weight excluding hydrogens is 454 g/mol. The van der Waals surface area contributed by atoms with Gasteiger partial charge in [0.25, 0.3) is 5.91 Å². The topological polar surface area (TPSA) is 66.2 Å². The lowest BCUT2D eigenvalue weighted by atomic mass is 10.1. The van der Waals surface area contributed by atoms with Crippen LogP contribution in [0.25, 0.3) is 0 Å². The highest BCUT2D eigenvalue weighted by Gasteiger charge is 2.24. The molecule has 0 radical (unpaired) electrons. The van der Waals surface area contributed by atoms with Crippen molar-refractivity contribution in [3.63, 3.8) is 0 Å². The molecule has 2 heterocycles. The van der Waals surface area contributed by atoms with Crippen molar-refractivity contribution in [2.24, 2.45) is 0 Å². The summed E-state index contributed by atoms with van der Waals surface area (Å²) in [6.45, 7) is 8.89. The maximum atomic E-state index is 13.7. The van der Waals surface area contributed by atoms with Gasteiger partial charge >= 0.3 is 0 Å². The Hall–Kier alpha value is -3.42. The third-order valence-corrected chi connectivity index (χ3v) is 6.41. The van der Waals surface area contributed by atoms with Gasteiger partial charge in [-0.25, -0.2) is 0 Å². The van der Waals surface area contributed by atoms with Gasteiger partial charge in [0, 0.05) is 38.3 Å². The molecule has 36 heavy (non-hydrogen) atoms. The van der Waals surface area contributed by atoms with Crippen molar-refractivity contribution in [3.05, 3.63) is 94.9 Å². The fourth-order valence-electron chi connectivity index (χ4n) is 4.28. The normalized spacial score (nSPS) is 13.9. The lowest BCUT2D eigenvalue weighted by Gasteiger charge is -2.31. The molecular formula is C29H35N3O4. The Morgan fingerprint density at radius 3 is 2.25 bits per heavy atom. The van der Waals surface area contributed by atoms with Gasteiger partial charge in [-0.3, -0.25) is 14.5 Å². The van der Waals surface area contributed by atoms with E-state index in [2.05, 4.69) is 4.90 Å². The van der Waals surface area contributed by atoms with Crippen molar-refractivity contribution >= 4 is 11.8 Å². The second-order valence-corrected chi connectivity index (χ2v) is 9.29. The van der Waals surface area contributed by atoms with Crippen molar-refractivity contribution in [2.45, 2.75) is 26.9 Å². The highest BCUT2D eigenvalue weighted by molar-refractivity contribution is 5.96. The van der Waals surface area contributed by atoms with Gasteiger partial charge in [0.2, 0.25) is 5.91 Å². The molecule has 0 spiro atoms. The Bertz CT molecular complexity index is 1120. The predicted molar refractivity (Wildman–Crippen MR) is 138 cm³/mol. The molecule has 1 aliphatic heterocycles. The van der Waals surface area contributed by atoms with Gasteiger partial charge in [0.05, 0.1) is 19.8 Å². The molecule has 0 saturated carbocycles. The van der Waals surface area contributed by atoms with Crippen LogP contribution in [0.15, 0.2) is 71.1 Å². The van der Waals surface area contributed by atoms with Crippen LogP contribution in [0.1, 0.15) is 33.0 Å². The van der Waals surface area contributed by atoms with Gasteiger partial charge in [0.15, 0.2) is 0 Å². The average molecular weight is 490 g/mol. The fourth-order valence-corrected chi connectivity index (χ4v) is 4.28. The Morgan fingerprint density at radius 2 is 1.58 bits per heavy atom. The summed E-state index contributed by atoms with van der Waals surface area (Å²) in [4.78, 5) is 32.9. The largest absolute Gasteiger partial charge is 0.464 e. The molecule has 190 valence electrons. The molecule has 7 nitrogen and oxygen atoms in total. The second-order valence-electron chi connectivity index (χ2n) is 9.29. The monoisotopic (exact) mass is 489 g/mol. The molecule has 0 aliphatic carbocycles. The van der Waals surface area contributed by atoms with Crippen LogP contribution in [-0.4, -0.2) is 72.5 Å². The zero-order chi connectivity index (χ0) is 25.3. The van der Waals surface area contributed by atoms with E-state index in [-0.39, 0.29) is 18.4 Å². The molecule has 1 aliphatic rings. The van der Waals surface area contributed by atoms with E-state index in [0.717, 1.165) is 35.7 Å². The van der Waals surface area contributed by atoms with Crippen molar-refractivity contribution in [1.29, 1.82) is 0 Å². The van der Waals surface area contributed by atoms with Crippen molar-refractivity contribution in [1.82, 2.24) is 14.7 Å². The minimum absolute atomic E-state index is 0.00355. The van der Waals surface area contributed by atoms with Crippen molar-refractivity contribution in [2.75, 3.05) is 45.9 Å². The lowest BCUT2D eigenvalue weighted by molar-refractivity contribution is -0.133. The van der Waals surface area contributed by atoms with E-state index in [1.807, 2.05) is 80.6 Å². The summed E-state index contributed by atoms with van der Waals surface area (Å²) in [7, 11) is 0. The summed E-state index contributed by atoms with van der Waals surface area (Å²) in [5.41, 5.74) is 2.70. The summed E-state index contributed by atoms with van der Waals surface area (Å²) in [6.07, 6.45) is 0. The molecule has 7 heteroatoms. The first-order chi connectivity index (χ1) is 17.5. The zero-order valence-corrected chi connectivity index (χ0v) is 21.2. The standard InChI is InChI=1S/C29H35N3O4/c1-23-8-11-26(12-9-23)29(34)31(15-14-30-16-18-35-19-17-30)22-28(33)32(20-25-6-4-3-5-7-25)21-27-13-10-24(2)36-27/h3-13H,14-22H2,1-2H3. The Labute approximate surface area is 213 Å². The fraction of sp³-hybridized carbons (Fsp3) is 0.379. The Kier molecular flexibility index (Phi) is 8.92. The molecule has 0 unspecified atom stereocenters. The first-order valence-corrected chi connectivity index (χ1v) is 12.5. The van der Waals surface area contributed by atoms with E-state index in [0.29, 0.717) is 45.0 Å². The number of furan rings is 1. The van der Waals surface area contributed by atoms with Crippen LogP contribution in [0.2, 0.25) is 0 Å². The first kappa shape index (κ1) is 25.7. The number of hydrogen-bond donors (Lipinski definition) is 0.